The molecule has 2 heterocycles. The molecule has 2 aliphatic heterocycles. The number of fused-ring (bicyclic) bond motifs is 1. The van der Waals surface area contributed by atoms with Crippen LogP contribution in [0.2, 0.25) is 5.02 Å². The Bertz CT molecular complexity index is 1070. The number of morpholine rings is 1. The van der Waals surface area contributed by atoms with Gasteiger partial charge in [0.25, 0.3) is 5.91 Å². The highest BCUT2D eigenvalue weighted by Crippen LogP contribution is 2.38. The molecule has 0 N–H and O–H groups in total. The highest BCUT2D eigenvalue weighted by Gasteiger charge is 2.31. The monoisotopic (exact) mass is 520 g/mol. The summed E-state index contributed by atoms with van der Waals surface area (Å²) in [4.78, 5) is 17.6. The number of carbonyl (C=O) groups excluding carboxylic acids is 1. The van der Waals surface area contributed by atoms with E-state index in [1.165, 1.54) is 12.1 Å². The summed E-state index contributed by atoms with van der Waals surface area (Å²) in [6.07, 6.45) is 0.169. The van der Waals surface area contributed by atoms with Crippen LogP contribution in [0.4, 0.5) is 4.39 Å². The molecular weight excluding hydrogens is 487 g/mol. The van der Waals surface area contributed by atoms with Crippen LogP contribution in [-0.4, -0.2) is 68.4 Å². The third-order valence-electron chi connectivity index (χ3n) is 6.20. The SMILES string of the molecule is COc1ccc(F)cc1CN1CCO[C@@H](C(=O)N(Cc2cc(Cl)c3c(c2)OCCCO3)CC(C)C)C1. The fraction of sp³-hybridized carbons (Fsp3) is 0.519. The van der Waals surface area contributed by atoms with E-state index in [4.69, 9.17) is 30.5 Å². The number of methoxy groups -OCH3 is 1. The summed E-state index contributed by atoms with van der Waals surface area (Å²) < 4.78 is 36.7. The first-order chi connectivity index (χ1) is 17.3. The van der Waals surface area contributed by atoms with Gasteiger partial charge in [0.05, 0.1) is 32.0 Å². The summed E-state index contributed by atoms with van der Waals surface area (Å²) in [6.45, 7) is 8.16. The lowest BCUT2D eigenvalue weighted by Gasteiger charge is -2.36. The van der Waals surface area contributed by atoms with E-state index in [2.05, 4.69) is 18.7 Å². The quantitative estimate of drug-likeness (QED) is 0.509. The van der Waals surface area contributed by atoms with E-state index in [1.54, 1.807) is 13.2 Å². The molecule has 0 radical (unpaired) electrons. The second kappa shape index (κ2) is 12.1. The van der Waals surface area contributed by atoms with Crippen molar-refractivity contribution >= 4 is 17.5 Å². The molecule has 36 heavy (non-hydrogen) atoms. The third-order valence-corrected chi connectivity index (χ3v) is 6.48. The Hall–Kier alpha value is -2.55. The van der Waals surface area contributed by atoms with Crippen molar-refractivity contribution in [2.45, 2.75) is 39.5 Å². The van der Waals surface area contributed by atoms with Crippen LogP contribution in [-0.2, 0) is 22.6 Å². The largest absolute Gasteiger partial charge is 0.496 e. The van der Waals surface area contributed by atoms with Crippen molar-refractivity contribution in [3.63, 3.8) is 0 Å². The zero-order chi connectivity index (χ0) is 25.7. The van der Waals surface area contributed by atoms with Crippen LogP contribution in [0.5, 0.6) is 17.2 Å². The van der Waals surface area contributed by atoms with Crippen molar-refractivity contribution in [3.8, 4) is 17.2 Å². The van der Waals surface area contributed by atoms with Gasteiger partial charge in [0.2, 0.25) is 0 Å². The van der Waals surface area contributed by atoms with Crippen molar-refractivity contribution < 1.29 is 28.1 Å². The average molecular weight is 521 g/mol. The van der Waals surface area contributed by atoms with Crippen molar-refractivity contribution in [1.29, 1.82) is 0 Å². The lowest BCUT2D eigenvalue weighted by atomic mass is 10.1. The molecule has 0 saturated carbocycles. The van der Waals surface area contributed by atoms with Crippen molar-refractivity contribution in [2.75, 3.05) is 46.6 Å². The summed E-state index contributed by atoms with van der Waals surface area (Å²) in [7, 11) is 1.57. The number of rotatable bonds is 8. The average Bonchev–Trinajstić information content (AvgIpc) is 3.09. The smallest absolute Gasteiger partial charge is 0.253 e. The van der Waals surface area contributed by atoms with E-state index in [0.29, 0.717) is 74.8 Å². The molecule has 4 rings (SSSR count). The molecule has 7 nitrogen and oxygen atoms in total. The van der Waals surface area contributed by atoms with Gasteiger partial charge in [0.15, 0.2) is 11.5 Å². The van der Waals surface area contributed by atoms with Crippen LogP contribution in [0.3, 0.4) is 0 Å². The highest BCUT2D eigenvalue weighted by atomic mass is 35.5. The van der Waals surface area contributed by atoms with Crippen LogP contribution in [0.25, 0.3) is 0 Å². The number of halogens is 2. The van der Waals surface area contributed by atoms with Gasteiger partial charge in [-0.25, -0.2) is 4.39 Å². The zero-order valence-corrected chi connectivity index (χ0v) is 21.9. The number of hydrogen-bond acceptors (Lipinski definition) is 6. The number of ether oxygens (including phenoxy) is 4. The summed E-state index contributed by atoms with van der Waals surface area (Å²) in [5, 5.41) is 0.477. The molecule has 1 amide bonds. The Balaban J connectivity index is 1.48. The molecule has 0 unspecified atom stereocenters. The van der Waals surface area contributed by atoms with Gasteiger partial charge in [-0.1, -0.05) is 25.4 Å². The molecule has 9 heteroatoms. The molecule has 1 saturated heterocycles. The fourth-order valence-electron chi connectivity index (χ4n) is 4.58. The molecule has 2 aromatic rings. The normalized spacial score (nSPS) is 18.1. The summed E-state index contributed by atoms with van der Waals surface area (Å²) in [5.74, 6) is 1.65. The number of hydrogen-bond donors (Lipinski definition) is 0. The first-order valence-electron chi connectivity index (χ1n) is 12.4. The van der Waals surface area contributed by atoms with Gasteiger partial charge in [0, 0.05) is 44.7 Å². The van der Waals surface area contributed by atoms with Crippen LogP contribution in [0, 0.1) is 11.7 Å². The van der Waals surface area contributed by atoms with Crippen molar-refractivity contribution in [2.24, 2.45) is 5.92 Å². The number of carbonyl (C=O) groups is 1. The van der Waals surface area contributed by atoms with Crippen molar-refractivity contribution in [3.05, 3.63) is 52.3 Å². The van der Waals surface area contributed by atoms with Crippen LogP contribution in [0.15, 0.2) is 30.3 Å². The molecule has 2 aliphatic rings. The summed E-state index contributed by atoms with van der Waals surface area (Å²) >= 11 is 6.49. The standard InChI is InChI=1S/C27H34ClFN2O5/c1-18(2)14-31(15-19-11-22(28)26-24(12-19)34-8-4-9-36-26)27(32)25-17-30(7-10-35-25)16-20-13-21(29)5-6-23(20)33-3/h5-6,11-13,18,25H,4,7-10,14-17H2,1-3H3/t25-/m1/s1. The van der Waals surface area contributed by atoms with Crippen LogP contribution >= 0.6 is 11.6 Å². The van der Waals surface area contributed by atoms with E-state index in [9.17, 15) is 9.18 Å². The minimum atomic E-state index is -0.618. The van der Waals surface area contributed by atoms with Gasteiger partial charge < -0.3 is 23.8 Å². The number of nitrogens with zero attached hydrogens (tertiary/aromatic N) is 2. The summed E-state index contributed by atoms with van der Waals surface area (Å²) in [5.41, 5.74) is 1.61. The lowest BCUT2D eigenvalue weighted by molar-refractivity contribution is -0.151. The fourth-order valence-corrected chi connectivity index (χ4v) is 4.87. The van der Waals surface area contributed by atoms with E-state index in [0.717, 1.165) is 17.5 Å². The number of amides is 1. The Morgan fingerprint density at radius 2 is 2.03 bits per heavy atom. The maximum atomic E-state index is 13.8. The van der Waals surface area contributed by atoms with Gasteiger partial charge in [-0.15, -0.1) is 0 Å². The Labute approximate surface area is 217 Å². The van der Waals surface area contributed by atoms with E-state index in [-0.39, 0.29) is 17.6 Å². The Morgan fingerprint density at radius 3 is 2.81 bits per heavy atom. The number of benzene rings is 2. The molecule has 1 atom stereocenters. The summed E-state index contributed by atoms with van der Waals surface area (Å²) in [6, 6.07) is 8.21. The minimum absolute atomic E-state index is 0.0807. The molecule has 1 fully saturated rings. The minimum Gasteiger partial charge on any atom is -0.496 e. The van der Waals surface area contributed by atoms with Gasteiger partial charge in [-0.05, 0) is 41.8 Å². The first kappa shape index (κ1) is 26.5. The van der Waals surface area contributed by atoms with E-state index < -0.39 is 6.10 Å². The van der Waals surface area contributed by atoms with Crippen LogP contribution < -0.4 is 14.2 Å². The Morgan fingerprint density at radius 1 is 1.22 bits per heavy atom. The Kier molecular flexibility index (Phi) is 8.93. The second-order valence-electron chi connectivity index (χ2n) is 9.62. The first-order valence-corrected chi connectivity index (χ1v) is 12.7. The van der Waals surface area contributed by atoms with Crippen molar-refractivity contribution in [1.82, 2.24) is 9.80 Å². The molecule has 0 aliphatic carbocycles. The maximum absolute atomic E-state index is 13.8. The molecule has 0 aromatic heterocycles. The van der Waals surface area contributed by atoms with E-state index in [1.807, 2.05) is 17.0 Å². The highest BCUT2D eigenvalue weighted by molar-refractivity contribution is 6.32. The molecule has 196 valence electrons. The predicted molar refractivity (Wildman–Crippen MR) is 135 cm³/mol. The van der Waals surface area contributed by atoms with E-state index >= 15 is 0 Å². The van der Waals surface area contributed by atoms with Gasteiger partial charge in [-0.2, -0.15) is 0 Å². The van der Waals surface area contributed by atoms with Crippen LogP contribution in [0.1, 0.15) is 31.4 Å². The topological polar surface area (TPSA) is 60.5 Å². The maximum Gasteiger partial charge on any atom is 0.253 e. The van der Waals surface area contributed by atoms with Gasteiger partial charge >= 0.3 is 0 Å². The predicted octanol–water partition coefficient (Wildman–Crippen LogP) is 4.53. The molecular formula is C27H34ClFN2O5. The second-order valence-corrected chi connectivity index (χ2v) is 10.0. The molecule has 2 aromatic carbocycles. The molecule has 0 spiro atoms. The lowest BCUT2D eigenvalue weighted by Crippen LogP contribution is -2.51. The third kappa shape index (κ3) is 6.60. The van der Waals surface area contributed by atoms with Gasteiger partial charge in [0.1, 0.15) is 17.7 Å². The zero-order valence-electron chi connectivity index (χ0n) is 21.1. The molecule has 0 bridgehead atoms. The van der Waals surface area contributed by atoms with Gasteiger partial charge in [-0.3, -0.25) is 9.69 Å².